The number of hydrogen-bond donors (Lipinski definition) is 1. The molecule has 2 fully saturated rings. The molecule has 4 nitrogen and oxygen atoms in total. The molecule has 2 unspecified atom stereocenters. The summed E-state index contributed by atoms with van der Waals surface area (Å²) < 4.78 is 32.7. The van der Waals surface area contributed by atoms with Crippen LogP contribution >= 0.6 is 0 Å². The van der Waals surface area contributed by atoms with Gasteiger partial charge in [0.1, 0.15) is 0 Å². The van der Waals surface area contributed by atoms with E-state index in [-0.39, 0.29) is 35.5 Å². The predicted molar refractivity (Wildman–Crippen MR) is 84.3 cm³/mol. The fourth-order valence-electron chi connectivity index (χ4n) is 3.95. The van der Waals surface area contributed by atoms with Crippen molar-refractivity contribution in [1.82, 2.24) is 4.90 Å². The second kappa shape index (κ2) is 6.76. The Morgan fingerprint density at radius 3 is 2.71 bits per heavy atom. The molecule has 0 bridgehead atoms. The zero-order valence-electron chi connectivity index (χ0n) is 13.8. The van der Waals surface area contributed by atoms with E-state index in [1.54, 1.807) is 4.90 Å². The Balaban J connectivity index is 1.60. The van der Waals surface area contributed by atoms with Crippen molar-refractivity contribution in [2.24, 2.45) is 5.41 Å². The Morgan fingerprint density at radius 1 is 1.38 bits per heavy atom. The average Bonchev–Trinajstić information content (AvgIpc) is 2.59. The largest absolute Gasteiger partial charge is 0.392 e. The monoisotopic (exact) mass is 339 g/mol. The molecule has 1 saturated carbocycles. The zero-order chi connectivity index (χ0) is 17.3. The van der Waals surface area contributed by atoms with Crippen LogP contribution in [0, 0.1) is 17.0 Å². The van der Waals surface area contributed by atoms with Crippen molar-refractivity contribution in [3.05, 3.63) is 35.4 Å². The quantitative estimate of drug-likeness (QED) is 0.916. The molecule has 1 amide bonds. The lowest BCUT2D eigenvalue weighted by atomic mass is 9.58. The molecule has 1 aromatic carbocycles. The van der Waals surface area contributed by atoms with Crippen molar-refractivity contribution < 1.29 is 23.4 Å². The highest BCUT2D eigenvalue weighted by Crippen LogP contribution is 2.50. The summed E-state index contributed by atoms with van der Waals surface area (Å²) in [5.74, 6) is -2.10. The van der Waals surface area contributed by atoms with Gasteiger partial charge >= 0.3 is 0 Å². The number of likely N-dealkylation sites (tertiary alicyclic amines) is 1. The molecule has 2 atom stereocenters. The number of aliphatic hydroxyl groups excluding tert-OH is 1. The molecule has 1 aromatic rings. The lowest BCUT2D eigenvalue weighted by Crippen LogP contribution is -2.62. The minimum atomic E-state index is -0.954. The maximum absolute atomic E-state index is 13.7. The Labute approximate surface area is 140 Å². The molecule has 132 valence electrons. The van der Waals surface area contributed by atoms with Crippen molar-refractivity contribution in [3.8, 4) is 0 Å². The van der Waals surface area contributed by atoms with E-state index in [1.165, 1.54) is 12.1 Å². The number of halogens is 2. The predicted octanol–water partition coefficient (Wildman–Crippen LogP) is 2.29. The summed E-state index contributed by atoms with van der Waals surface area (Å²) in [6.07, 6.45) is 1.53. The maximum Gasteiger partial charge on any atom is 0.227 e. The van der Waals surface area contributed by atoms with E-state index >= 15 is 0 Å². The van der Waals surface area contributed by atoms with E-state index in [1.807, 2.05) is 6.92 Å². The van der Waals surface area contributed by atoms with Crippen LogP contribution in [0.1, 0.15) is 31.7 Å². The third-order valence-corrected chi connectivity index (χ3v) is 5.53. The van der Waals surface area contributed by atoms with E-state index < -0.39 is 11.6 Å². The highest BCUT2D eigenvalue weighted by atomic mass is 19.2. The summed E-state index contributed by atoms with van der Waals surface area (Å²) in [6.45, 7) is 3.57. The Bertz CT molecular complexity index is 612. The summed E-state index contributed by atoms with van der Waals surface area (Å²) in [5.41, 5.74) is -0.173. The number of ether oxygens (including phenoxy) is 1. The zero-order valence-corrected chi connectivity index (χ0v) is 13.8. The maximum atomic E-state index is 13.7. The molecule has 1 aliphatic carbocycles. The molecular formula is C18H23F2NO3. The van der Waals surface area contributed by atoms with Crippen molar-refractivity contribution in [3.63, 3.8) is 0 Å². The van der Waals surface area contributed by atoms with Crippen LogP contribution in [0.4, 0.5) is 8.78 Å². The molecule has 24 heavy (non-hydrogen) atoms. The van der Waals surface area contributed by atoms with E-state index in [4.69, 9.17) is 4.74 Å². The molecule has 6 heteroatoms. The van der Waals surface area contributed by atoms with Gasteiger partial charge in [-0.1, -0.05) is 12.1 Å². The minimum Gasteiger partial charge on any atom is -0.392 e. The van der Waals surface area contributed by atoms with Crippen LogP contribution in [0.5, 0.6) is 0 Å². The number of carbonyl (C=O) groups excluding carboxylic acids is 1. The normalized spacial score (nSPS) is 25.6. The highest BCUT2D eigenvalue weighted by molar-refractivity contribution is 5.79. The molecule has 1 heterocycles. The second-order valence-electron chi connectivity index (χ2n) is 6.70. The number of hydrogen-bond acceptors (Lipinski definition) is 3. The first kappa shape index (κ1) is 17.3. The lowest BCUT2D eigenvalue weighted by Gasteiger charge is -2.56. The molecule has 0 aromatic heterocycles. The van der Waals surface area contributed by atoms with Crippen LogP contribution in [0.15, 0.2) is 18.2 Å². The Morgan fingerprint density at radius 2 is 2.08 bits per heavy atom. The van der Waals surface area contributed by atoms with Gasteiger partial charge in [0.2, 0.25) is 5.91 Å². The van der Waals surface area contributed by atoms with Crippen molar-refractivity contribution >= 4 is 5.91 Å². The lowest BCUT2D eigenvalue weighted by molar-refractivity contribution is -0.210. The van der Waals surface area contributed by atoms with Gasteiger partial charge in [-0.05, 0) is 25.8 Å². The van der Waals surface area contributed by atoms with Crippen LogP contribution in [-0.2, 0) is 16.0 Å². The number of nitrogens with zero attached hydrogens (tertiary/aromatic N) is 1. The smallest absolute Gasteiger partial charge is 0.227 e. The first-order valence-electron chi connectivity index (χ1n) is 8.48. The number of rotatable bonds is 4. The standard InChI is InChI=1S/C18H23F2NO3/c1-2-24-15-11-14(22)18(15)6-8-21(9-7-18)16(23)10-12-4-3-5-13(19)17(12)20/h3-5,14-15,22H,2,6-11H2,1H3. The van der Waals surface area contributed by atoms with Gasteiger partial charge in [0.05, 0.1) is 18.6 Å². The first-order valence-corrected chi connectivity index (χ1v) is 8.48. The summed E-state index contributed by atoms with van der Waals surface area (Å²) >= 11 is 0. The molecule has 1 N–H and O–H groups in total. The molecule has 3 rings (SSSR count). The van der Waals surface area contributed by atoms with Gasteiger partial charge in [0.25, 0.3) is 0 Å². The molecule has 0 radical (unpaired) electrons. The van der Waals surface area contributed by atoms with Crippen molar-refractivity contribution in [1.29, 1.82) is 0 Å². The van der Waals surface area contributed by atoms with E-state index in [9.17, 15) is 18.7 Å². The van der Waals surface area contributed by atoms with Crippen molar-refractivity contribution in [2.75, 3.05) is 19.7 Å². The number of aliphatic hydroxyl groups is 1. The topological polar surface area (TPSA) is 49.8 Å². The SMILES string of the molecule is CCOC1CC(O)C12CCN(C(=O)Cc1cccc(F)c1F)CC2. The van der Waals surface area contributed by atoms with Gasteiger partial charge in [-0.25, -0.2) is 8.78 Å². The summed E-state index contributed by atoms with van der Waals surface area (Å²) in [5, 5.41) is 10.2. The molecular weight excluding hydrogens is 316 g/mol. The number of amides is 1. The minimum absolute atomic E-state index is 0.0513. The number of piperidine rings is 1. The van der Waals surface area contributed by atoms with Crippen LogP contribution in [0.25, 0.3) is 0 Å². The van der Waals surface area contributed by atoms with Crippen LogP contribution < -0.4 is 0 Å². The average molecular weight is 339 g/mol. The second-order valence-corrected chi connectivity index (χ2v) is 6.70. The van der Waals surface area contributed by atoms with E-state index in [0.29, 0.717) is 39.0 Å². The fourth-order valence-corrected chi connectivity index (χ4v) is 3.95. The Kier molecular flexibility index (Phi) is 4.88. The highest BCUT2D eigenvalue weighted by Gasteiger charge is 2.56. The van der Waals surface area contributed by atoms with Gasteiger partial charge in [-0.15, -0.1) is 0 Å². The van der Waals surface area contributed by atoms with Crippen molar-refractivity contribution in [2.45, 2.75) is 44.8 Å². The van der Waals surface area contributed by atoms with E-state index in [2.05, 4.69) is 0 Å². The van der Waals surface area contributed by atoms with Gasteiger partial charge in [-0.3, -0.25) is 4.79 Å². The number of benzene rings is 1. The molecule has 1 aliphatic heterocycles. The summed E-state index contributed by atoms with van der Waals surface area (Å²) in [7, 11) is 0. The van der Waals surface area contributed by atoms with Gasteiger partial charge in [-0.2, -0.15) is 0 Å². The summed E-state index contributed by atoms with van der Waals surface area (Å²) in [4.78, 5) is 14.1. The Hall–Kier alpha value is -1.53. The van der Waals surface area contributed by atoms with Crippen LogP contribution in [-0.4, -0.2) is 47.8 Å². The van der Waals surface area contributed by atoms with Gasteiger partial charge in [0, 0.05) is 37.1 Å². The molecule has 1 saturated heterocycles. The third-order valence-electron chi connectivity index (χ3n) is 5.53. The van der Waals surface area contributed by atoms with E-state index in [0.717, 1.165) is 6.07 Å². The van der Waals surface area contributed by atoms with Crippen LogP contribution in [0.2, 0.25) is 0 Å². The first-order chi connectivity index (χ1) is 11.5. The third kappa shape index (κ3) is 2.93. The fraction of sp³-hybridized carbons (Fsp3) is 0.611. The van der Waals surface area contributed by atoms with Gasteiger partial charge < -0.3 is 14.7 Å². The van der Waals surface area contributed by atoms with Crippen LogP contribution in [0.3, 0.4) is 0 Å². The molecule has 2 aliphatic rings. The molecule has 1 spiro atoms. The summed E-state index contributed by atoms with van der Waals surface area (Å²) in [6, 6.07) is 3.88. The number of carbonyl (C=O) groups is 1. The van der Waals surface area contributed by atoms with Gasteiger partial charge in [0.15, 0.2) is 11.6 Å².